The summed E-state index contributed by atoms with van der Waals surface area (Å²) >= 11 is 0. The molecule has 0 spiro atoms. The topological polar surface area (TPSA) is 51.2 Å². The van der Waals surface area contributed by atoms with E-state index in [1.165, 1.54) is 24.9 Å². The minimum atomic E-state index is -0.0248. The normalized spacial score (nSPS) is 36.4. The van der Waals surface area contributed by atoms with Gasteiger partial charge in [0.1, 0.15) is 6.10 Å². The molecule has 0 aromatic heterocycles. The lowest BCUT2D eigenvalue weighted by molar-refractivity contribution is -0.145. The second-order valence-electron chi connectivity index (χ2n) is 10.7. The van der Waals surface area contributed by atoms with Crippen molar-refractivity contribution in [1.82, 2.24) is 4.90 Å². The molecule has 0 bridgehead atoms. The fourth-order valence-corrected chi connectivity index (χ4v) is 6.81. The van der Waals surface area contributed by atoms with Gasteiger partial charge in [0.25, 0.3) is 0 Å². The van der Waals surface area contributed by atoms with Gasteiger partial charge in [-0.2, -0.15) is 0 Å². The van der Waals surface area contributed by atoms with E-state index in [1.807, 2.05) is 6.07 Å². The Hall–Kier alpha value is -2.21. The second kappa shape index (κ2) is 7.68. The molecule has 32 heavy (non-hydrogen) atoms. The number of ether oxygens (including phenoxy) is 3. The van der Waals surface area contributed by atoms with E-state index in [1.54, 1.807) is 5.57 Å². The molecule has 2 aliphatic carbocycles. The van der Waals surface area contributed by atoms with Gasteiger partial charge >= 0.3 is 5.97 Å². The van der Waals surface area contributed by atoms with Crippen molar-refractivity contribution in [3.05, 3.63) is 29.8 Å². The summed E-state index contributed by atoms with van der Waals surface area (Å²) in [5.74, 6) is 2.54. The van der Waals surface area contributed by atoms with Crippen LogP contribution < -0.4 is 14.4 Å². The zero-order valence-electron chi connectivity index (χ0n) is 19.2. The van der Waals surface area contributed by atoms with Gasteiger partial charge < -0.3 is 19.1 Å². The predicted octanol–water partition coefficient (Wildman–Crippen LogP) is 3.85. The van der Waals surface area contributed by atoms with E-state index in [-0.39, 0.29) is 29.3 Å². The minimum Gasteiger partial charge on any atom is -0.461 e. The number of allylic oxidation sites excluding steroid dienone is 1. The first kappa shape index (κ1) is 20.4. The van der Waals surface area contributed by atoms with E-state index < -0.39 is 0 Å². The van der Waals surface area contributed by atoms with Gasteiger partial charge in [-0.25, -0.2) is 0 Å². The van der Waals surface area contributed by atoms with Gasteiger partial charge in [0.05, 0.1) is 5.92 Å². The maximum atomic E-state index is 12.9. The Kier molecular flexibility index (Phi) is 4.90. The van der Waals surface area contributed by atoms with Crippen molar-refractivity contribution in [3.8, 4) is 11.5 Å². The molecular formula is C26H34N2O4. The molecule has 5 aliphatic rings. The van der Waals surface area contributed by atoms with Crippen molar-refractivity contribution in [3.63, 3.8) is 0 Å². The summed E-state index contributed by atoms with van der Waals surface area (Å²) in [5, 5.41) is 0. The van der Waals surface area contributed by atoms with Crippen molar-refractivity contribution < 1.29 is 19.0 Å². The molecule has 2 saturated heterocycles. The number of carbonyl (C=O) groups excluding carboxylic acids is 1. The van der Waals surface area contributed by atoms with Crippen LogP contribution in [0.2, 0.25) is 0 Å². The quantitative estimate of drug-likeness (QED) is 0.528. The molecular weight excluding hydrogens is 404 g/mol. The van der Waals surface area contributed by atoms with Crippen molar-refractivity contribution in [2.45, 2.75) is 45.6 Å². The summed E-state index contributed by atoms with van der Waals surface area (Å²) in [6, 6.07) is 6.18. The number of esters is 1. The summed E-state index contributed by atoms with van der Waals surface area (Å²) in [5.41, 5.74) is 3.00. The van der Waals surface area contributed by atoms with Crippen LogP contribution in [-0.2, 0) is 9.53 Å². The van der Waals surface area contributed by atoms with Crippen LogP contribution in [0.4, 0.5) is 5.69 Å². The lowest BCUT2D eigenvalue weighted by atomic mass is 9.59. The van der Waals surface area contributed by atoms with Gasteiger partial charge in [-0.15, -0.1) is 0 Å². The van der Waals surface area contributed by atoms with Crippen molar-refractivity contribution in [1.29, 1.82) is 0 Å². The molecule has 0 N–H and O–H groups in total. The summed E-state index contributed by atoms with van der Waals surface area (Å²) in [6.45, 7) is 9.69. The van der Waals surface area contributed by atoms with Crippen LogP contribution >= 0.6 is 0 Å². The number of hydrogen-bond donors (Lipinski definition) is 0. The van der Waals surface area contributed by atoms with E-state index in [4.69, 9.17) is 14.2 Å². The number of benzene rings is 1. The minimum absolute atomic E-state index is 0.0185. The Bertz CT molecular complexity index is 938. The molecule has 3 fully saturated rings. The molecule has 1 aromatic carbocycles. The lowest BCUT2D eigenvalue weighted by Crippen LogP contribution is -2.49. The molecule has 6 nitrogen and oxygen atoms in total. The Morgan fingerprint density at radius 1 is 1.12 bits per heavy atom. The van der Waals surface area contributed by atoms with Crippen LogP contribution in [-0.4, -0.2) is 56.5 Å². The van der Waals surface area contributed by atoms with E-state index in [0.29, 0.717) is 12.7 Å². The molecule has 1 saturated carbocycles. The number of piperazine rings is 1. The molecule has 0 radical (unpaired) electrons. The monoisotopic (exact) mass is 438 g/mol. The van der Waals surface area contributed by atoms with Gasteiger partial charge in [-0.05, 0) is 42.7 Å². The summed E-state index contributed by atoms with van der Waals surface area (Å²) < 4.78 is 16.9. The first-order chi connectivity index (χ1) is 15.5. The number of rotatable bonds is 3. The number of carbonyl (C=O) groups is 1. The highest BCUT2D eigenvalue weighted by molar-refractivity contribution is 5.76. The standard InChI is InChI=1S/C26H34N2O4/c1-17-4-3-7-26(2)14-24-19(13-21(17)26)20(25(29)32-24)15-27-8-10-28(11-9-27)18-5-6-22-23(12-18)31-16-30-22/h5-6,12-13,17,19-20,24H,3-4,7-11,14-16H2,1-2H3. The molecule has 5 unspecified atom stereocenters. The van der Waals surface area contributed by atoms with Gasteiger partial charge in [-0.1, -0.05) is 31.9 Å². The Morgan fingerprint density at radius 3 is 2.78 bits per heavy atom. The zero-order valence-corrected chi connectivity index (χ0v) is 19.2. The average Bonchev–Trinajstić information content (AvgIpc) is 3.36. The first-order valence-electron chi connectivity index (χ1n) is 12.3. The number of hydrogen-bond acceptors (Lipinski definition) is 6. The highest BCUT2D eigenvalue weighted by atomic mass is 16.7. The summed E-state index contributed by atoms with van der Waals surface area (Å²) in [7, 11) is 0. The van der Waals surface area contributed by atoms with E-state index in [9.17, 15) is 4.79 Å². The third-order valence-electron chi connectivity index (χ3n) is 8.63. The molecule has 172 valence electrons. The van der Waals surface area contributed by atoms with Crippen LogP contribution in [0.25, 0.3) is 0 Å². The second-order valence-corrected chi connectivity index (χ2v) is 10.7. The van der Waals surface area contributed by atoms with E-state index in [2.05, 4.69) is 41.9 Å². The fraction of sp³-hybridized carbons (Fsp3) is 0.654. The number of fused-ring (bicyclic) bond motifs is 3. The highest BCUT2D eigenvalue weighted by Crippen LogP contribution is 2.54. The van der Waals surface area contributed by atoms with Crippen molar-refractivity contribution in [2.24, 2.45) is 23.2 Å². The first-order valence-corrected chi connectivity index (χ1v) is 12.3. The highest BCUT2D eigenvalue weighted by Gasteiger charge is 2.52. The Labute approximate surface area is 190 Å². The Morgan fingerprint density at radius 2 is 1.94 bits per heavy atom. The molecule has 5 atom stereocenters. The summed E-state index contributed by atoms with van der Waals surface area (Å²) in [4.78, 5) is 17.7. The van der Waals surface area contributed by atoms with Gasteiger partial charge in [-0.3, -0.25) is 9.69 Å². The maximum Gasteiger partial charge on any atom is 0.311 e. The third kappa shape index (κ3) is 3.38. The number of nitrogens with zero attached hydrogens (tertiary/aromatic N) is 2. The zero-order chi connectivity index (χ0) is 21.9. The molecule has 1 aromatic rings. The van der Waals surface area contributed by atoms with Crippen LogP contribution in [0.15, 0.2) is 29.8 Å². The van der Waals surface area contributed by atoms with Crippen molar-refractivity contribution >= 4 is 11.7 Å². The van der Waals surface area contributed by atoms with Crippen LogP contribution in [0.5, 0.6) is 11.5 Å². The molecule has 3 heterocycles. The third-order valence-corrected chi connectivity index (χ3v) is 8.63. The Balaban J connectivity index is 1.12. The SMILES string of the molecule is CC1CCCC2(C)CC3OC(=O)C(CN4CCN(c5ccc6c(c5)OCO6)CC4)C3C=C12. The summed E-state index contributed by atoms with van der Waals surface area (Å²) in [6.07, 6.45) is 7.35. The number of anilines is 1. The van der Waals surface area contributed by atoms with Gasteiger partial charge in [0.2, 0.25) is 6.79 Å². The smallest absolute Gasteiger partial charge is 0.311 e. The van der Waals surface area contributed by atoms with Gasteiger partial charge in [0.15, 0.2) is 11.5 Å². The maximum absolute atomic E-state index is 12.9. The van der Waals surface area contributed by atoms with Gasteiger partial charge in [0, 0.05) is 50.4 Å². The lowest BCUT2D eigenvalue weighted by Gasteiger charge is -2.46. The van der Waals surface area contributed by atoms with Crippen molar-refractivity contribution in [2.75, 3.05) is 44.4 Å². The average molecular weight is 439 g/mol. The van der Waals surface area contributed by atoms with E-state index >= 15 is 0 Å². The van der Waals surface area contributed by atoms with Crippen LogP contribution in [0.3, 0.4) is 0 Å². The van der Waals surface area contributed by atoms with Crippen LogP contribution in [0, 0.1) is 23.2 Å². The molecule has 6 heteroatoms. The van der Waals surface area contributed by atoms with E-state index in [0.717, 1.165) is 50.6 Å². The molecule has 6 rings (SSSR count). The fourth-order valence-electron chi connectivity index (χ4n) is 6.81. The largest absolute Gasteiger partial charge is 0.461 e. The predicted molar refractivity (Wildman–Crippen MR) is 122 cm³/mol. The molecule has 0 amide bonds. The van der Waals surface area contributed by atoms with Crippen LogP contribution in [0.1, 0.15) is 39.5 Å². The molecule has 3 aliphatic heterocycles.